The van der Waals surface area contributed by atoms with Crippen molar-refractivity contribution >= 4 is 5.78 Å². The minimum atomic E-state index is 0.204. The molecule has 0 N–H and O–H groups in total. The van der Waals surface area contributed by atoms with E-state index in [-0.39, 0.29) is 6.10 Å². The van der Waals surface area contributed by atoms with Gasteiger partial charge < -0.3 is 14.2 Å². The van der Waals surface area contributed by atoms with Gasteiger partial charge in [0.1, 0.15) is 6.10 Å². The minimum absolute atomic E-state index is 0.204. The standard InChI is InChI=1S/C21H29N3O2/c1-26-21-8-3-2-5-19(21)24-15-12-22(13-16-24)11-14-23-10-9-17-18(23)6-4-7-20(17)25/h2-3,5,9-10,21H,4,6-8,11-16H2,1H3. The maximum absolute atomic E-state index is 12.0. The van der Waals surface area contributed by atoms with Crippen LogP contribution in [0.15, 0.2) is 36.2 Å². The molecule has 1 fully saturated rings. The first-order chi connectivity index (χ1) is 12.8. The summed E-state index contributed by atoms with van der Waals surface area (Å²) < 4.78 is 7.94. The van der Waals surface area contributed by atoms with Crippen LogP contribution < -0.4 is 0 Å². The average Bonchev–Trinajstić information content (AvgIpc) is 3.11. The molecule has 2 aliphatic carbocycles. The van der Waals surface area contributed by atoms with Crippen molar-refractivity contribution in [2.24, 2.45) is 0 Å². The van der Waals surface area contributed by atoms with E-state index in [0.717, 1.165) is 64.1 Å². The molecule has 0 spiro atoms. The summed E-state index contributed by atoms with van der Waals surface area (Å²) in [4.78, 5) is 17.0. The molecule has 0 saturated carbocycles. The second-order valence-corrected chi connectivity index (χ2v) is 7.45. The Bertz CT molecular complexity index is 711. The summed E-state index contributed by atoms with van der Waals surface area (Å²) in [5, 5.41) is 0. The summed E-state index contributed by atoms with van der Waals surface area (Å²) >= 11 is 0. The van der Waals surface area contributed by atoms with E-state index in [2.05, 4.69) is 38.8 Å². The molecular formula is C21H29N3O2. The van der Waals surface area contributed by atoms with E-state index in [0.29, 0.717) is 12.2 Å². The molecular weight excluding hydrogens is 326 g/mol. The number of carbonyl (C=O) groups excluding carboxylic acids is 1. The second-order valence-electron chi connectivity index (χ2n) is 7.45. The minimum Gasteiger partial charge on any atom is -0.375 e. The number of Topliss-reactive ketones (excluding diaryl/α,β-unsaturated/α-hetero) is 1. The second kappa shape index (κ2) is 7.80. The lowest BCUT2D eigenvalue weighted by Gasteiger charge is -2.39. The molecule has 26 heavy (non-hydrogen) atoms. The molecule has 140 valence electrons. The first-order valence-electron chi connectivity index (χ1n) is 9.84. The van der Waals surface area contributed by atoms with Gasteiger partial charge in [-0.15, -0.1) is 0 Å². The van der Waals surface area contributed by atoms with E-state index < -0.39 is 0 Å². The van der Waals surface area contributed by atoms with E-state index in [1.165, 1.54) is 11.4 Å². The van der Waals surface area contributed by atoms with Crippen molar-refractivity contribution in [3.63, 3.8) is 0 Å². The lowest BCUT2D eigenvalue weighted by molar-refractivity contribution is 0.0805. The van der Waals surface area contributed by atoms with E-state index >= 15 is 0 Å². The zero-order chi connectivity index (χ0) is 17.9. The van der Waals surface area contributed by atoms with Crippen LogP contribution in [0.2, 0.25) is 0 Å². The van der Waals surface area contributed by atoms with E-state index in [4.69, 9.17) is 4.74 Å². The van der Waals surface area contributed by atoms with Crippen LogP contribution in [-0.2, 0) is 17.7 Å². The number of hydrogen-bond donors (Lipinski definition) is 0. The predicted molar refractivity (Wildman–Crippen MR) is 102 cm³/mol. The predicted octanol–water partition coefficient (Wildman–Crippen LogP) is 2.48. The van der Waals surface area contributed by atoms with Crippen molar-refractivity contribution in [1.82, 2.24) is 14.4 Å². The van der Waals surface area contributed by atoms with Crippen molar-refractivity contribution in [3.05, 3.63) is 47.4 Å². The maximum Gasteiger partial charge on any atom is 0.164 e. The number of ether oxygens (including phenoxy) is 1. The highest BCUT2D eigenvalue weighted by atomic mass is 16.5. The van der Waals surface area contributed by atoms with Gasteiger partial charge in [0.15, 0.2) is 5.78 Å². The molecule has 0 amide bonds. The fourth-order valence-corrected chi connectivity index (χ4v) is 4.40. The maximum atomic E-state index is 12.0. The lowest BCUT2D eigenvalue weighted by Crippen LogP contribution is -2.48. The van der Waals surface area contributed by atoms with E-state index in [1.807, 2.05) is 6.07 Å². The summed E-state index contributed by atoms with van der Waals surface area (Å²) in [6.07, 6.45) is 12.6. The Balaban J connectivity index is 1.30. The third-order valence-electron chi connectivity index (χ3n) is 5.96. The first-order valence-corrected chi connectivity index (χ1v) is 9.84. The van der Waals surface area contributed by atoms with Crippen LogP contribution in [0.1, 0.15) is 35.3 Å². The van der Waals surface area contributed by atoms with Crippen LogP contribution in [-0.4, -0.2) is 66.1 Å². The highest BCUT2D eigenvalue weighted by molar-refractivity contribution is 5.98. The summed E-state index contributed by atoms with van der Waals surface area (Å²) in [5.41, 5.74) is 3.54. The van der Waals surface area contributed by atoms with Gasteiger partial charge in [-0.1, -0.05) is 12.2 Å². The molecule has 4 rings (SSSR count). The number of allylic oxidation sites excluding steroid dienone is 2. The molecule has 0 bridgehead atoms. The molecule has 2 heterocycles. The quantitative estimate of drug-likeness (QED) is 0.813. The summed E-state index contributed by atoms with van der Waals surface area (Å²) in [6, 6.07) is 2.02. The van der Waals surface area contributed by atoms with Crippen LogP contribution in [0.3, 0.4) is 0 Å². The van der Waals surface area contributed by atoms with Crippen LogP contribution in [0.5, 0.6) is 0 Å². The average molecular weight is 355 g/mol. The van der Waals surface area contributed by atoms with Gasteiger partial charge in [-0.3, -0.25) is 9.69 Å². The van der Waals surface area contributed by atoms with Gasteiger partial charge in [-0.2, -0.15) is 0 Å². The monoisotopic (exact) mass is 355 g/mol. The molecule has 0 radical (unpaired) electrons. The zero-order valence-corrected chi connectivity index (χ0v) is 15.7. The zero-order valence-electron chi connectivity index (χ0n) is 15.7. The van der Waals surface area contributed by atoms with Gasteiger partial charge in [-0.25, -0.2) is 0 Å². The van der Waals surface area contributed by atoms with Crippen molar-refractivity contribution in [3.8, 4) is 0 Å². The summed E-state index contributed by atoms with van der Waals surface area (Å²) in [6.45, 7) is 6.31. The van der Waals surface area contributed by atoms with Crippen molar-refractivity contribution < 1.29 is 9.53 Å². The summed E-state index contributed by atoms with van der Waals surface area (Å²) in [7, 11) is 1.80. The van der Waals surface area contributed by atoms with Gasteiger partial charge in [0, 0.05) is 76.0 Å². The summed E-state index contributed by atoms with van der Waals surface area (Å²) in [5.74, 6) is 0.320. The molecule has 1 unspecified atom stereocenters. The number of hydrogen-bond acceptors (Lipinski definition) is 4. The highest BCUT2D eigenvalue weighted by Gasteiger charge is 2.25. The Morgan fingerprint density at radius 2 is 2.00 bits per heavy atom. The van der Waals surface area contributed by atoms with Crippen molar-refractivity contribution in [1.29, 1.82) is 0 Å². The van der Waals surface area contributed by atoms with Gasteiger partial charge in [-0.05, 0) is 31.4 Å². The fourth-order valence-electron chi connectivity index (χ4n) is 4.40. The Morgan fingerprint density at radius 1 is 1.15 bits per heavy atom. The molecule has 0 aromatic carbocycles. The van der Waals surface area contributed by atoms with Crippen molar-refractivity contribution in [2.45, 2.75) is 38.3 Å². The molecule has 1 aromatic rings. The largest absolute Gasteiger partial charge is 0.375 e. The molecule has 3 aliphatic rings. The molecule has 5 nitrogen and oxygen atoms in total. The molecule has 1 saturated heterocycles. The Morgan fingerprint density at radius 3 is 2.81 bits per heavy atom. The van der Waals surface area contributed by atoms with Crippen LogP contribution >= 0.6 is 0 Å². The normalized spacial score (nSPS) is 23.9. The molecule has 1 aliphatic heterocycles. The van der Waals surface area contributed by atoms with Gasteiger partial charge >= 0.3 is 0 Å². The fraction of sp³-hybridized carbons (Fsp3) is 0.571. The number of aromatic nitrogens is 1. The Labute approximate surface area is 155 Å². The van der Waals surface area contributed by atoms with Gasteiger partial charge in [0.25, 0.3) is 0 Å². The van der Waals surface area contributed by atoms with E-state index in [1.54, 1.807) is 7.11 Å². The number of piperazine rings is 1. The van der Waals surface area contributed by atoms with E-state index in [9.17, 15) is 4.79 Å². The number of fused-ring (bicyclic) bond motifs is 1. The molecule has 5 heteroatoms. The molecule has 1 aromatic heterocycles. The van der Waals surface area contributed by atoms with Crippen LogP contribution in [0.4, 0.5) is 0 Å². The van der Waals surface area contributed by atoms with Crippen molar-refractivity contribution in [2.75, 3.05) is 39.8 Å². The van der Waals surface area contributed by atoms with Gasteiger partial charge in [0.05, 0.1) is 0 Å². The number of ketones is 1. The third-order valence-corrected chi connectivity index (χ3v) is 5.96. The SMILES string of the molecule is COC1CC=CC=C1N1CCN(CCn2ccc3c2CCCC3=O)CC1. The van der Waals surface area contributed by atoms with Gasteiger partial charge in [0.2, 0.25) is 0 Å². The van der Waals surface area contributed by atoms with Crippen LogP contribution in [0, 0.1) is 0 Å². The Kier molecular flexibility index (Phi) is 5.27. The third kappa shape index (κ3) is 3.51. The number of methoxy groups -OCH3 is 1. The number of nitrogens with zero attached hydrogens (tertiary/aromatic N) is 3. The first kappa shape index (κ1) is 17.6. The molecule has 1 atom stereocenters. The topological polar surface area (TPSA) is 37.7 Å². The van der Waals surface area contributed by atoms with Crippen LogP contribution in [0.25, 0.3) is 0 Å². The lowest BCUT2D eigenvalue weighted by atomic mass is 9.97. The highest BCUT2D eigenvalue weighted by Crippen LogP contribution is 2.23. The Hall–Kier alpha value is -1.85. The smallest absolute Gasteiger partial charge is 0.164 e. The number of rotatable bonds is 5. The number of carbonyl (C=O) groups is 1.